The quantitative estimate of drug-likeness (QED) is 0.0706. The number of H-pyrrole nitrogens is 1. The van der Waals surface area contributed by atoms with Gasteiger partial charge < -0.3 is 36.0 Å². The number of aromatic hydroxyl groups is 1. The van der Waals surface area contributed by atoms with Crippen LogP contribution in [0.5, 0.6) is 5.75 Å². The molecule has 16 nitrogen and oxygen atoms in total. The minimum Gasteiger partial charge on any atom is -0.508 e. The van der Waals surface area contributed by atoms with Crippen molar-refractivity contribution < 1.29 is 34.2 Å². The Hall–Kier alpha value is -5.50. The number of β-lactam (4-membered cyclic amide) rings is 1. The van der Waals surface area contributed by atoms with Crippen molar-refractivity contribution in [1.82, 2.24) is 40.9 Å². The molecule has 2 aliphatic rings. The van der Waals surface area contributed by atoms with Gasteiger partial charge in [-0.05, 0) is 61.0 Å². The molecule has 1 fully saturated rings. The number of pyridine rings is 1. The van der Waals surface area contributed by atoms with Gasteiger partial charge in [-0.15, -0.1) is 22.0 Å². The van der Waals surface area contributed by atoms with Crippen LogP contribution in [0.4, 0.5) is 0 Å². The zero-order valence-electron chi connectivity index (χ0n) is 31.1. The first-order valence-corrected chi connectivity index (χ1v) is 20.8. The van der Waals surface area contributed by atoms with Crippen LogP contribution in [0.3, 0.4) is 0 Å². The van der Waals surface area contributed by atoms with Gasteiger partial charge in [0.2, 0.25) is 10.9 Å². The van der Waals surface area contributed by atoms with E-state index in [0.29, 0.717) is 28.7 Å². The number of carboxylic acids is 1. The van der Waals surface area contributed by atoms with E-state index in [1.165, 1.54) is 53.9 Å². The molecule has 4 amide bonds. The summed E-state index contributed by atoms with van der Waals surface area (Å²) in [5, 5.41) is 35.6. The number of phenols is 1. The van der Waals surface area contributed by atoms with Crippen LogP contribution >= 0.6 is 34.9 Å². The number of likely N-dealkylation sites (N-methyl/N-ethyl adjacent to an activating group) is 1. The Morgan fingerprint density at radius 1 is 1.00 bits per heavy atom. The summed E-state index contributed by atoms with van der Waals surface area (Å²) in [5.41, 5.74) is 1.86. The highest BCUT2D eigenvalue weighted by Crippen LogP contribution is 2.42. The Morgan fingerprint density at radius 2 is 1.72 bits per heavy atom. The van der Waals surface area contributed by atoms with Crippen molar-refractivity contribution in [3.8, 4) is 17.0 Å². The van der Waals surface area contributed by atoms with Crippen LogP contribution in [-0.2, 0) is 14.4 Å². The van der Waals surface area contributed by atoms with Crippen molar-refractivity contribution in [2.75, 3.05) is 37.7 Å². The van der Waals surface area contributed by atoms with Gasteiger partial charge in [-0.1, -0.05) is 78.9 Å². The number of aliphatic carboxylic acids is 1. The molecule has 0 bridgehead atoms. The van der Waals surface area contributed by atoms with Crippen LogP contribution in [0.15, 0.2) is 81.1 Å². The van der Waals surface area contributed by atoms with Crippen LogP contribution in [0.2, 0.25) is 0 Å². The van der Waals surface area contributed by atoms with Crippen molar-refractivity contribution >= 4 is 64.5 Å². The minimum absolute atomic E-state index is 0.0868. The number of carboxylic acid groups (broad SMARTS) is 1. The first-order chi connectivity index (χ1) is 27.4. The number of hydrogen-bond donors (Lipinski definition) is 6. The second-order valence-corrected chi connectivity index (χ2v) is 16.4. The number of aryl methyl sites for hydroxylation is 1. The van der Waals surface area contributed by atoms with Crippen molar-refractivity contribution in [2.24, 2.45) is 0 Å². The minimum atomic E-state index is -1.40. The summed E-state index contributed by atoms with van der Waals surface area (Å²) in [6.07, 6.45) is 0. The first-order valence-electron chi connectivity index (χ1n) is 18.0. The van der Waals surface area contributed by atoms with Gasteiger partial charge in [-0.2, -0.15) is 0 Å². The van der Waals surface area contributed by atoms with E-state index in [9.17, 15) is 39.0 Å². The molecule has 57 heavy (non-hydrogen) atoms. The monoisotopic (exact) mass is 832 g/mol. The molecule has 4 heterocycles. The van der Waals surface area contributed by atoms with Gasteiger partial charge in [-0.3, -0.25) is 28.9 Å². The highest BCUT2D eigenvalue weighted by atomic mass is 32.2. The fraction of sp³-hybridized carbons (Fsp3) is 0.316. The van der Waals surface area contributed by atoms with Crippen molar-refractivity contribution in [3.63, 3.8) is 0 Å². The standard InChI is InChI=1S/C38H40N8O8S3/c1-4-45(5-2)17-16-39-33(51)34-43-44-38(57-34)56-19-23-18-55-36-28(35(52)46(36)29(23)37(53)54)42-32(50)27(22-10-12-24(47)13-11-22)41-31(49)25-14-15-26(40-30(25)48)21-8-6-20(3)7-9-21/h6-15,27-28,36,47H,4-5,16-19H2,1-3H3,(H,39,51)(H,40,48)(H,41,49)(H,42,50)(H,53,54)/t27?,28?,36-/m0/s1. The summed E-state index contributed by atoms with van der Waals surface area (Å²) in [6.45, 7) is 8.92. The fourth-order valence-electron chi connectivity index (χ4n) is 6.21. The Labute approximate surface area is 339 Å². The van der Waals surface area contributed by atoms with Crippen LogP contribution in [0.25, 0.3) is 11.3 Å². The Kier molecular flexibility index (Phi) is 13.1. The van der Waals surface area contributed by atoms with E-state index in [-0.39, 0.29) is 45.0 Å². The maximum absolute atomic E-state index is 13.8. The van der Waals surface area contributed by atoms with E-state index < -0.39 is 46.7 Å². The number of nitrogens with zero attached hydrogens (tertiary/aromatic N) is 4. The maximum Gasteiger partial charge on any atom is 0.352 e. The molecular weight excluding hydrogens is 793 g/mol. The van der Waals surface area contributed by atoms with E-state index in [1.54, 1.807) is 6.07 Å². The lowest BCUT2D eigenvalue weighted by atomic mass is 10.0. The summed E-state index contributed by atoms with van der Waals surface area (Å²) >= 11 is 3.55. The molecule has 2 aromatic heterocycles. The number of phenolic OH excluding ortho intramolecular Hbond substituents is 1. The molecule has 2 aromatic carbocycles. The normalized spacial score (nSPS) is 16.8. The van der Waals surface area contributed by atoms with E-state index in [4.69, 9.17) is 0 Å². The predicted molar refractivity (Wildman–Crippen MR) is 216 cm³/mol. The molecule has 298 valence electrons. The average Bonchev–Trinajstić information content (AvgIpc) is 3.69. The van der Waals surface area contributed by atoms with Gasteiger partial charge in [0.1, 0.15) is 34.5 Å². The summed E-state index contributed by atoms with van der Waals surface area (Å²) in [4.78, 5) is 85.0. The number of amides is 4. The number of hydrogen-bond acceptors (Lipinski definition) is 13. The van der Waals surface area contributed by atoms with E-state index in [2.05, 4.69) is 36.0 Å². The predicted octanol–water partition coefficient (Wildman–Crippen LogP) is 2.98. The third-order valence-electron chi connectivity index (χ3n) is 9.41. The Morgan fingerprint density at radius 3 is 2.39 bits per heavy atom. The maximum atomic E-state index is 13.8. The van der Waals surface area contributed by atoms with Crippen LogP contribution < -0.4 is 21.5 Å². The van der Waals surface area contributed by atoms with Gasteiger partial charge in [0.25, 0.3) is 23.3 Å². The topological polar surface area (TPSA) is 227 Å². The fourth-order valence-corrected chi connectivity index (χ4v) is 9.47. The van der Waals surface area contributed by atoms with Gasteiger partial charge in [0.05, 0.1) is 0 Å². The Bertz CT molecular complexity index is 2260. The lowest BCUT2D eigenvalue weighted by Gasteiger charge is -2.49. The first kappa shape index (κ1) is 41.1. The van der Waals surface area contributed by atoms with E-state index in [0.717, 1.165) is 40.5 Å². The largest absolute Gasteiger partial charge is 0.508 e. The SMILES string of the molecule is CCN(CC)CCNC(=O)c1nnc(SCC2=C(C(=O)O)N3C(=O)C(NC(=O)C(NC(=O)c4ccc(-c5ccc(C)cc5)[nH]c4=O)c4ccc(O)cc4)[C@@H]3SC2)s1. The Balaban J connectivity index is 1.12. The van der Waals surface area contributed by atoms with Crippen LogP contribution in [-0.4, -0.2) is 114 Å². The molecule has 0 saturated carbocycles. The molecule has 6 rings (SSSR count). The van der Waals surface area contributed by atoms with Gasteiger partial charge in [-0.25, -0.2) is 4.79 Å². The highest BCUT2D eigenvalue weighted by molar-refractivity contribution is 8.01. The second-order valence-electron chi connectivity index (χ2n) is 13.1. The third kappa shape index (κ3) is 9.39. The third-order valence-corrected chi connectivity index (χ3v) is 12.9. The van der Waals surface area contributed by atoms with Crippen LogP contribution in [0, 0.1) is 6.92 Å². The number of carbonyl (C=O) groups excluding carboxylic acids is 4. The number of nitrogens with one attached hydrogen (secondary N) is 4. The number of benzene rings is 2. The summed E-state index contributed by atoms with van der Waals surface area (Å²) in [6, 6.07) is 13.4. The molecule has 1 saturated heterocycles. The van der Waals surface area contributed by atoms with Crippen molar-refractivity contribution in [1.29, 1.82) is 0 Å². The zero-order valence-corrected chi connectivity index (χ0v) is 33.6. The molecular formula is C38H40N8O8S3. The smallest absolute Gasteiger partial charge is 0.352 e. The summed E-state index contributed by atoms with van der Waals surface area (Å²) in [5.74, 6) is -3.65. The van der Waals surface area contributed by atoms with E-state index >= 15 is 0 Å². The van der Waals surface area contributed by atoms with Crippen molar-refractivity contribution in [2.45, 2.75) is 42.6 Å². The summed E-state index contributed by atoms with van der Waals surface area (Å²) in [7, 11) is 0. The number of carbonyl (C=O) groups is 5. The molecule has 2 unspecified atom stereocenters. The van der Waals surface area contributed by atoms with Crippen molar-refractivity contribution in [3.05, 3.63) is 104 Å². The van der Waals surface area contributed by atoms with Gasteiger partial charge >= 0.3 is 5.97 Å². The molecule has 0 spiro atoms. The number of thioether (sulfide) groups is 2. The van der Waals surface area contributed by atoms with E-state index in [1.807, 2.05) is 45.0 Å². The number of rotatable bonds is 16. The number of aromatic amines is 1. The van der Waals surface area contributed by atoms with Gasteiger partial charge in [0.15, 0.2) is 4.34 Å². The van der Waals surface area contributed by atoms with Gasteiger partial charge in [0, 0.05) is 30.3 Å². The second kappa shape index (κ2) is 18.2. The molecule has 0 radical (unpaired) electrons. The summed E-state index contributed by atoms with van der Waals surface area (Å²) < 4.78 is 0.458. The molecule has 6 N–H and O–H groups in total. The molecule has 19 heteroatoms. The highest BCUT2D eigenvalue weighted by Gasteiger charge is 2.54. The molecule has 2 aliphatic heterocycles. The molecule has 3 atom stereocenters. The number of aromatic nitrogens is 3. The molecule has 0 aliphatic carbocycles. The van der Waals surface area contributed by atoms with Crippen LogP contribution in [0.1, 0.15) is 51.2 Å². The zero-order chi connectivity index (χ0) is 40.8. The molecule has 4 aromatic rings. The lowest BCUT2D eigenvalue weighted by Crippen LogP contribution is -2.71. The number of fused-ring (bicyclic) bond motifs is 1. The average molecular weight is 833 g/mol. The lowest BCUT2D eigenvalue weighted by molar-refractivity contribution is -0.151.